The second kappa shape index (κ2) is 9.85. The van der Waals surface area contributed by atoms with Crippen LogP contribution in [0.1, 0.15) is 73.1 Å². The molecular formula is C20H37N3O2. The summed E-state index contributed by atoms with van der Waals surface area (Å²) in [6.07, 6.45) is 8.39. The number of carbonyl (C=O) groups is 1. The Labute approximate surface area is 153 Å². The number of nitrogens with zero attached hydrogens (tertiary/aromatic N) is 1. The van der Waals surface area contributed by atoms with E-state index in [4.69, 9.17) is 16.3 Å². The molecule has 1 aliphatic rings. The number of carbonyl (C=O) groups excluding carboxylic acids is 1. The summed E-state index contributed by atoms with van der Waals surface area (Å²) in [5.74, 6) is 6.55. The first-order chi connectivity index (χ1) is 11.7. The van der Waals surface area contributed by atoms with Gasteiger partial charge in [0.2, 0.25) is 0 Å². The molecule has 0 radical (unpaired) electrons. The number of esters is 1. The number of hydrazine groups is 1. The minimum Gasteiger partial charge on any atom is -0.461 e. The number of rotatable bonds is 9. The third-order valence-electron chi connectivity index (χ3n) is 4.88. The SMILES string of the molecule is CCCCC(CC)CN(N)C1=C/C(=C(/N)C(=O)OCC)CC(C)(C)C1. The maximum absolute atomic E-state index is 12.0. The Bertz CT molecular complexity index is 509. The van der Waals surface area contributed by atoms with Crippen molar-refractivity contribution >= 4 is 5.97 Å². The summed E-state index contributed by atoms with van der Waals surface area (Å²) in [5.41, 5.74) is 8.16. The largest absolute Gasteiger partial charge is 0.461 e. The van der Waals surface area contributed by atoms with Crippen molar-refractivity contribution in [2.45, 2.75) is 73.1 Å². The fraction of sp³-hybridized carbons (Fsp3) is 0.750. The highest BCUT2D eigenvalue weighted by molar-refractivity contribution is 5.89. The first-order valence-corrected chi connectivity index (χ1v) is 9.62. The van der Waals surface area contributed by atoms with Crippen LogP contribution in [0.5, 0.6) is 0 Å². The molecule has 0 aromatic carbocycles. The van der Waals surface area contributed by atoms with Gasteiger partial charge in [-0.25, -0.2) is 10.6 Å². The molecule has 4 N–H and O–H groups in total. The van der Waals surface area contributed by atoms with Crippen LogP contribution >= 0.6 is 0 Å². The van der Waals surface area contributed by atoms with Crippen LogP contribution in [0.15, 0.2) is 23.0 Å². The number of nitrogens with two attached hydrogens (primary N) is 2. The lowest BCUT2D eigenvalue weighted by Crippen LogP contribution is -2.38. The molecule has 1 unspecified atom stereocenters. The third-order valence-corrected chi connectivity index (χ3v) is 4.88. The molecule has 0 aromatic rings. The molecule has 0 amide bonds. The van der Waals surface area contributed by atoms with Gasteiger partial charge in [0.15, 0.2) is 0 Å². The lowest BCUT2D eigenvalue weighted by Gasteiger charge is -2.36. The van der Waals surface area contributed by atoms with Crippen LogP contribution in [0.3, 0.4) is 0 Å². The zero-order valence-corrected chi connectivity index (χ0v) is 16.7. The third kappa shape index (κ3) is 6.73. The Morgan fingerprint density at radius 3 is 2.56 bits per heavy atom. The van der Waals surface area contributed by atoms with E-state index >= 15 is 0 Å². The molecule has 0 aliphatic heterocycles. The number of allylic oxidation sites excluding steroid dienone is 3. The van der Waals surface area contributed by atoms with Gasteiger partial charge in [-0.05, 0) is 49.2 Å². The average Bonchev–Trinajstić information content (AvgIpc) is 2.56. The topological polar surface area (TPSA) is 81.6 Å². The molecule has 1 atom stereocenters. The summed E-state index contributed by atoms with van der Waals surface area (Å²) in [6.45, 7) is 11.7. The first kappa shape index (κ1) is 21.6. The zero-order valence-electron chi connectivity index (χ0n) is 16.7. The van der Waals surface area contributed by atoms with Crippen molar-refractivity contribution in [3.63, 3.8) is 0 Å². The van der Waals surface area contributed by atoms with E-state index in [1.54, 1.807) is 6.92 Å². The van der Waals surface area contributed by atoms with Crippen LogP contribution in [-0.4, -0.2) is 24.1 Å². The van der Waals surface area contributed by atoms with E-state index in [2.05, 4.69) is 27.7 Å². The average molecular weight is 352 g/mol. The van der Waals surface area contributed by atoms with E-state index < -0.39 is 5.97 Å². The Morgan fingerprint density at radius 1 is 1.32 bits per heavy atom. The number of hydrogen-bond donors (Lipinski definition) is 2. The predicted octanol–water partition coefficient (Wildman–Crippen LogP) is 3.86. The van der Waals surface area contributed by atoms with Crippen LogP contribution in [0.2, 0.25) is 0 Å². The highest BCUT2D eigenvalue weighted by atomic mass is 16.5. The quantitative estimate of drug-likeness (QED) is 0.285. The second-order valence-corrected chi connectivity index (χ2v) is 7.88. The van der Waals surface area contributed by atoms with Gasteiger partial charge in [0.25, 0.3) is 0 Å². The maximum atomic E-state index is 12.0. The standard InChI is InChI=1S/C20H37N3O2/c1-6-9-10-15(7-2)14-23(22)17-11-16(12-20(4,5)13-17)18(21)19(24)25-8-3/h11,15H,6-10,12-14,21-22H2,1-5H3/b18-16-. The predicted molar refractivity (Wildman–Crippen MR) is 103 cm³/mol. The summed E-state index contributed by atoms with van der Waals surface area (Å²) in [7, 11) is 0. The summed E-state index contributed by atoms with van der Waals surface area (Å²) < 4.78 is 5.05. The molecule has 1 aliphatic carbocycles. The molecular weight excluding hydrogens is 314 g/mol. The van der Waals surface area contributed by atoms with Crippen LogP contribution in [0.25, 0.3) is 0 Å². The summed E-state index contributed by atoms with van der Waals surface area (Å²) in [4.78, 5) is 12.0. The molecule has 0 aromatic heterocycles. The number of hydrogen-bond acceptors (Lipinski definition) is 5. The Morgan fingerprint density at radius 2 is 2.00 bits per heavy atom. The molecule has 144 valence electrons. The van der Waals surface area contributed by atoms with Crippen molar-refractivity contribution in [3.8, 4) is 0 Å². The van der Waals surface area contributed by atoms with Gasteiger partial charge in [0.05, 0.1) is 6.61 Å². The zero-order chi connectivity index (χ0) is 19.0. The van der Waals surface area contributed by atoms with Gasteiger partial charge < -0.3 is 15.5 Å². The molecule has 0 heterocycles. The number of ether oxygens (including phenoxy) is 1. The highest BCUT2D eigenvalue weighted by Gasteiger charge is 2.30. The van der Waals surface area contributed by atoms with E-state index in [0.29, 0.717) is 12.5 Å². The van der Waals surface area contributed by atoms with Crippen LogP contribution in [-0.2, 0) is 9.53 Å². The van der Waals surface area contributed by atoms with Crippen molar-refractivity contribution in [2.75, 3.05) is 13.2 Å². The number of unbranched alkanes of at least 4 members (excludes halogenated alkanes) is 1. The normalized spacial score (nSPS) is 19.8. The molecule has 0 bridgehead atoms. The molecule has 0 spiro atoms. The van der Waals surface area contributed by atoms with Crippen LogP contribution in [0, 0.1) is 11.3 Å². The van der Waals surface area contributed by atoms with Crippen molar-refractivity contribution < 1.29 is 9.53 Å². The molecule has 1 rings (SSSR count). The molecule has 25 heavy (non-hydrogen) atoms. The van der Waals surface area contributed by atoms with Crippen molar-refractivity contribution in [1.82, 2.24) is 5.01 Å². The van der Waals surface area contributed by atoms with Gasteiger partial charge in [-0.1, -0.05) is 47.0 Å². The lowest BCUT2D eigenvalue weighted by atomic mass is 9.76. The summed E-state index contributed by atoms with van der Waals surface area (Å²) in [5, 5.41) is 1.86. The fourth-order valence-corrected chi connectivity index (χ4v) is 3.38. The van der Waals surface area contributed by atoms with Gasteiger partial charge in [0.1, 0.15) is 5.70 Å². The van der Waals surface area contributed by atoms with Crippen LogP contribution in [0.4, 0.5) is 0 Å². The first-order valence-electron chi connectivity index (χ1n) is 9.62. The Kier molecular flexibility index (Phi) is 8.50. The van der Waals surface area contributed by atoms with Gasteiger partial charge in [-0.3, -0.25) is 0 Å². The van der Waals surface area contributed by atoms with Gasteiger partial charge >= 0.3 is 5.97 Å². The van der Waals surface area contributed by atoms with Gasteiger partial charge in [0, 0.05) is 12.2 Å². The van der Waals surface area contributed by atoms with Gasteiger partial charge in [-0.2, -0.15) is 0 Å². The van der Waals surface area contributed by atoms with E-state index in [-0.39, 0.29) is 11.1 Å². The molecule has 5 heteroatoms. The van der Waals surface area contributed by atoms with Gasteiger partial charge in [-0.15, -0.1) is 0 Å². The maximum Gasteiger partial charge on any atom is 0.354 e. The van der Waals surface area contributed by atoms with Crippen molar-refractivity contribution in [3.05, 3.63) is 23.0 Å². The van der Waals surface area contributed by atoms with Crippen LogP contribution < -0.4 is 11.6 Å². The van der Waals surface area contributed by atoms with Crippen molar-refractivity contribution in [1.29, 1.82) is 0 Å². The monoisotopic (exact) mass is 351 g/mol. The molecule has 0 saturated heterocycles. The molecule has 0 saturated carbocycles. The van der Waals surface area contributed by atoms with E-state index in [1.165, 1.54) is 19.3 Å². The summed E-state index contributed by atoms with van der Waals surface area (Å²) in [6, 6.07) is 0. The Hall–Kier alpha value is -1.49. The smallest absolute Gasteiger partial charge is 0.354 e. The highest BCUT2D eigenvalue weighted by Crippen LogP contribution is 2.39. The lowest BCUT2D eigenvalue weighted by molar-refractivity contribution is -0.138. The van der Waals surface area contributed by atoms with E-state index in [0.717, 1.165) is 37.1 Å². The second-order valence-electron chi connectivity index (χ2n) is 7.88. The minimum absolute atomic E-state index is 0.0132. The molecule has 5 nitrogen and oxygen atoms in total. The Balaban J connectivity index is 2.98. The fourth-order valence-electron chi connectivity index (χ4n) is 3.38. The summed E-state index contributed by atoms with van der Waals surface area (Å²) >= 11 is 0. The van der Waals surface area contributed by atoms with Crippen molar-refractivity contribution in [2.24, 2.45) is 22.9 Å². The molecule has 0 fully saturated rings. The van der Waals surface area contributed by atoms with E-state index in [1.807, 2.05) is 11.1 Å². The van der Waals surface area contributed by atoms with E-state index in [9.17, 15) is 4.79 Å². The minimum atomic E-state index is -0.441.